The molecular weight excluding hydrogens is 323 g/mol. The van der Waals surface area contributed by atoms with E-state index < -0.39 is 11.7 Å². The summed E-state index contributed by atoms with van der Waals surface area (Å²) in [4.78, 5) is 0. The van der Waals surface area contributed by atoms with Crippen LogP contribution in [0.2, 0.25) is 0 Å². The second-order valence-electron chi connectivity index (χ2n) is 6.20. The molecule has 122 valence electrons. The zero-order chi connectivity index (χ0) is 16.0. The Hall–Kier alpha value is -1.50. The second kappa shape index (κ2) is 5.54. The van der Waals surface area contributed by atoms with Crippen LogP contribution in [0.4, 0.5) is 13.2 Å². The maximum Gasteiger partial charge on any atom is 0.416 e. The molecule has 1 aromatic carbocycles. The summed E-state index contributed by atoms with van der Waals surface area (Å²) >= 11 is 1.56. The van der Waals surface area contributed by atoms with Gasteiger partial charge in [0, 0.05) is 17.7 Å². The molecule has 2 aromatic rings. The molecule has 0 saturated heterocycles. The molecule has 0 aliphatic heterocycles. The van der Waals surface area contributed by atoms with Crippen molar-refractivity contribution in [2.75, 3.05) is 0 Å². The first kappa shape index (κ1) is 15.1. The highest BCUT2D eigenvalue weighted by Gasteiger charge is 2.36. The fourth-order valence-corrected chi connectivity index (χ4v) is 3.59. The van der Waals surface area contributed by atoms with E-state index in [-0.39, 0.29) is 0 Å². The smallest absolute Gasteiger partial charge is 0.303 e. The van der Waals surface area contributed by atoms with Crippen molar-refractivity contribution in [2.24, 2.45) is 0 Å². The molecule has 1 heterocycles. The minimum Gasteiger partial charge on any atom is -0.303 e. The molecule has 3 nitrogen and oxygen atoms in total. The first-order valence-electron chi connectivity index (χ1n) is 7.76. The molecular formula is C16H16F3N3S. The van der Waals surface area contributed by atoms with Crippen LogP contribution < -0.4 is 0 Å². The summed E-state index contributed by atoms with van der Waals surface area (Å²) in [7, 11) is 0. The third-order valence-corrected chi connectivity index (χ3v) is 5.21. The van der Waals surface area contributed by atoms with E-state index in [0.717, 1.165) is 28.7 Å². The summed E-state index contributed by atoms with van der Waals surface area (Å²) in [5.74, 6) is 2.26. The molecule has 23 heavy (non-hydrogen) atoms. The van der Waals surface area contributed by atoms with Crippen LogP contribution in [0.1, 0.15) is 54.6 Å². The molecule has 7 heteroatoms. The van der Waals surface area contributed by atoms with Crippen LogP contribution >= 0.6 is 11.8 Å². The number of benzene rings is 1. The van der Waals surface area contributed by atoms with Crippen LogP contribution in [0.25, 0.3) is 0 Å². The van der Waals surface area contributed by atoms with Crippen LogP contribution in [-0.2, 0) is 11.9 Å². The van der Waals surface area contributed by atoms with Crippen LogP contribution in [0.15, 0.2) is 29.4 Å². The standard InChI is InChI=1S/C16H16F3N3S/c17-16(18,19)12-5-1-10(2-6-12)9-23-15-21-20-14(11-3-4-11)22(15)13-7-8-13/h1-2,5-6,11,13H,3-4,7-9H2. The van der Waals surface area contributed by atoms with E-state index >= 15 is 0 Å². The molecule has 4 rings (SSSR count). The van der Waals surface area contributed by atoms with Crippen molar-refractivity contribution >= 4 is 11.8 Å². The normalized spacial score (nSPS) is 18.4. The van der Waals surface area contributed by atoms with Gasteiger partial charge < -0.3 is 4.57 Å². The number of hydrogen-bond acceptors (Lipinski definition) is 3. The predicted molar refractivity (Wildman–Crippen MR) is 81.3 cm³/mol. The zero-order valence-electron chi connectivity index (χ0n) is 12.4. The van der Waals surface area contributed by atoms with Crippen molar-refractivity contribution in [1.82, 2.24) is 14.8 Å². The largest absolute Gasteiger partial charge is 0.416 e. The molecule has 2 saturated carbocycles. The molecule has 0 amide bonds. The summed E-state index contributed by atoms with van der Waals surface area (Å²) in [6.07, 6.45) is 0.442. The van der Waals surface area contributed by atoms with Gasteiger partial charge in [-0.1, -0.05) is 23.9 Å². The summed E-state index contributed by atoms with van der Waals surface area (Å²) in [6.45, 7) is 0. The topological polar surface area (TPSA) is 30.7 Å². The predicted octanol–water partition coefficient (Wildman–Crippen LogP) is 4.80. The van der Waals surface area contributed by atoms with Gasteiger partial charge in [0.15, 0.2) is 5.16 Å². The maximum absolute atomic E-state index is 12.6. The van der Waals surface area contributed by atoms with Gasteiger partial charge in [0.2, 0.25) is 0 Å². The van der Waals surface area contributed by atoms with E-state index in [2.05, 4.69) is 14.8 Å². The van der Waals surface area contributed by atoms with Crippen molar-refractivity contribution in [3.63, 3.8) is 0 Å². The van der Waals surface area contributed by atoms with Crippen LogP contribution in [0.3, 0.4) is 0 Å². The second-order valence-corrected chi connectivity index (χ2v) is 7.14. The molecule has 0 spiro atoms. The maximum atomic E-state index is 12.6. The third kappa shape index (κ3) is 3.24. The summed E-state index contributed by atoms with van der Waals surface area (Å²) in [5, 5.41) is 9.55. The highest BCUT2D eigenvalue weighted by molar-refractivity contribution is 7.98. The minimum absolute atomic E-state index is 0.524. The Morgan fingerprint density at radius 1 is 1.04 bits per heavy atom. The summed E-state index contributed by atoms with van der Waals surface area (Å²) in [5.41, 5.74) is 0.254. The molecule has 0 radical (unpaired) electrons. The molecule has 2 aliphatic rings. The monoisotopic (exact) mass is 339 g/mol. The van der Waals surface area contributed by atoms with E-state index in [9.17, 15) is 13.2 Å². The zero-order valence-corrected chi connectivity index (χ0v) is 13.2. The molecule has 0 atom stereocenters. The molecule has 2 fully saturated rings. The number of halogens is 3. The lowest BCUT2D eigenvalue weighted by Gasteiger charge is -2.09. The highest BCUT2D eigenvalue weighted by atomic mass is 32.2. The Morgan fingerprint density at radius 2 is 1.74 bits per heavy atom. The van der Waals surface area contributed by atoms with Gasteiger partial charge in [-0.3, -0.25) is 0 Å². The number of hydrogen-bond donors (Lipinski definition) is 0. The average Bonchev–Trinajstić information content (AvgIpc) is 3.43. The van der Waals surface area contributed by atoms with E-state index in [0.29, 0.717) is 17.7 Å². The summed E-state index contributed by atoms with van der Waals surface area (Å²) < 4.78 is 40.0. The Labute approximate surface area is 136 Å². The van der Waals surface area contributed by atoms with Crippen LogP contribution in [0, 0.1) is 0 Å². The molecule has 0 unspecified atom stereocenters. The average molecular weight is 339 g/mol. The van der Waals surface area contributed by atoms with Gasteiger partial charge in [-0.15, -0.1) is 10.2 Å². The van der Waals surface area contributed by atoms with Gasteiger partial charge in [0.25, 0.3) is 0 Å². The van der Waals surface area contributed by atoms with Crippen molar-refractivity contribution in [1.29, 1.82) is 0 Å². The van der Waals surface area contributed by atoms with Gasteiger partial charge in [0.05, 0.1) is 5.56 Å². The van der Waals surface area contributed by atoms with Crippen molar-refractivity contribution in [3.8, 4) is 0 Å². The molecule has 1 aromatic heterocycles. The van der Waals surface area contributed by atoms with Gasteiger partial charge in [0.1, 0.15) is 5.82 Å². The van der Waals surface area contributed by atoms with Gasteiger partial charge >= 0.3 is 6.18 Å². The third-order valence-electron chi connectivity index (χ3n) is 4.19. The van der Waals surface area contributed by atoms with E-state index in [4.69, 9.17) is 0 Å². The van der Waals surface area contributed by atoms with E-state index in [1.807, 2.05) is 0 Å². The molecule has 2 aliphatic carbocycles. The van der Waals surface area contributed by atoms with Crippen LogP contribution in [0.5, 0.6) is 0 Å². The molecule has 0 N–H and O–H groups in total. The van der Waals surface area contributed by atoms with Crippen molar-refractivity contribution in [2.45, 2.75) is 54.7 Å². The Balaban J connectivity index is 1.47. The van der Waals surface area contributed by atoms with Crippen molar-refractivity contribution in [3.05, 3.63) is 41.2 Å². The van der Waals surface area contributed by atoms with Crippen LogP contribution in [-0.4, -0.2) is 14.8 Å². The quantitative estimate of drug-likeness (QED) is 0.733. The first-order chi connectivity index (χ1) is 11.0. The lowest BCUT2D eigenvalue weighted by atomic mass is 10.1. The van der Waals surface area contributed by atoms with Gasteiger partial charge in [-0.25, -0.2) is 0 Å². The first-order valence-corrected chi connectivity index (χ1v) is 8.74. The minimum atomic E-state index is -4.28. The Bertz CT molecular complexity index is 700. The van der Waals surface area contributed by atoms with Gasteiger partial charge in [-0.05, 0) is 43.4 Å². The fourth-order valence-electron chi connectivity index (χ4n) is 2.62. The fraction of sp³-hybridized carbons (Fsp3) is 0.500. The SMILES string of the molecule is FC(F)(F)c1ccc(CSc2nnc(C3CC3)n2C2CC2)cc1. The number of aromatic nitrogens is 3. The van der Waals surface area contributed by atoms with Gasteiger partial charge in [-0.2, -0.15) is 13.2 Å². The Kier molecular flexibility index (Phi) is 3.63. The van der Waals surface area contributed by atoms with E-state index in [1.165, 1.54) is 37.8 Å². The number of alkyl halides is 3. The highest BCUT2D eigenvalue weighted by Crippen LogP contribution is 2.46. The number of rotatable bonds is 5. The lowest BCUT2D eigenvalue weighted by molar-refractivity contribution is -0.137. The lowest BCUT2D eigenvalue weighted by Crippen LogP contribution is -2.04. The number of nitrogens with zero attached hydrogens (tertiary/aromatic N) is 3. The number of thioether (sulfide) groups is 1. The van der Waals surface area contributed by atoms with E-state index in [1.54, 1.807) is 11.8 Å². The Morgan fingerprint density at radius 3 is 2.30 bits per heavy atom. The van der Waals surface area contributed by atoms with Crippen molar-refractivity contribution < 1.29 is 13.2 Å². The summed E-state index contributed by atoms with van der Waals surface area (Å²) in [6, 6.07) is 5.87. The molecule has 0 bridgehead atoms.